The zero-order valence-corrected chi connectivity index (χ0v) is 16.6. The Morgan fingerprint density at radius 3 is 2.59 bits per heavy atom. The number of fused-ring (bicyclic) bond motifs is 1. The van der Waals surface area contributed by atoms with E-state index in [-0.39, 0.29) is 30.3 Å². The van der Waals surface area contributed by atoms with Gasteiger partial charge >= 0.3 is 0 Å². The van der Waals surface area contributed by atoms with Gasteiger partial charge < -0.3 is 15.2 Å². The maximum absolute atomic E-state index is 12.7. The van der Waals surface area contributed by atoms with Crippen LogP contribution in [0.15, 0.2) is 54.6 Å². The van der Waals surface area contributed by atoms with Crippen LogP contribution in [0.4, 0.5) is 0 Å². The van der Waals surface area contributed by atoms with Crippen LogP contribution in [-0.2, 0) is 22.6 Å². The SMILES string of the molecule is CC(NC(=O)Cn1c(CCNC(=O)C2CC2)nc2ccccc21)c1ccccc1. The van der Waals surface area contributed by atoms with Crippen LogP contribution in [0.2, 0.25) is 0 Å². The standard InChI is InChI=1S/C23H26N4O2/c1-16(17-7-3-2-4-8-17)25-22(28)15-27-20-10-6-5-9-19(20)26-21(27)13-14-24-23(29)18-11-12-18/h2-10,16,18H,11-15H2,1H3,(H,24,29)(H,25,28). The number of carbonyl (C=O) groups excluding carboxylic acids is 2. The molecule has 1 aromatic heterocycles. The number of aromatic nitrogens is 2. The lowest BCUT2D eigenvalue weighted by molar-refractivity contribution is -0.123. The third-order valence-corrected chi connectivity index (χ3v) is 5.31. The number of hydrogen-bond donors (Lipinski definition) is 2. The molecule has 0 bridgehead atoms. The van der Waals surface area contributed by atoms with Crippen molar-refractivity contribution in [3.05, 3.63) is 66.0 Å². The van der Waals surface area contributed by atoms with Gasteiger partial charge in [0.05, 0.1) is 17.1 Å². The minimum Gasteiger partial charge on any atom is -0.355 e. The summed E-state index contributed by atoms with van der Waals surface area (Å²) in [7, 11) is 0. The molecule has 1 unspecified atom stereocenters. The van der Waals surface area contributed by atoms with E-state index in [1.807, 2.05) is 66.1 Å². The van der Waals surface area contributed by atoms with Gasteiger partial charge in [-0.15, -0.1) is 0 Å². The monoisotopic (exact) mass is 390 g/mol. The number of para-hydroxylation sites is 2. The number of benzene rings is 2. The van der Waals surface area contributed by atoms with Crippen LogP contribution in [0.1, 0.15) is 37.2 Å². The van der Waals surface area contributed by atoms with Crippen molar-refractivity contribution in [2.75, 3.05) is 6.54 Å². The number of rotatable bonds is 8. The average Bonchev–Trinajstić information content (AvgIpc) is 3.53. The second kappa shape index (κ2) is 8.47. The Morgan fingerprint density at radius 2 is 1.83 bits per heavy atom. The lowest BCUT2D eigenvalue weighted by Gasteiger charge is -2.16. The summed E-state index contributed by atoms with van der Waals surface area (Å²) in [6.07, 6.45) is 2.57. The van der Waals surface area contributed by atoms with E-state index in [1.165, 1.54) is 0 Å². The zero-order chi connectivity index (χ0) is 20.2. The van der Waals surface area contributed by atoms with Gasteiger partial charge in [-0.3, -0.25) is 9.59 Å². The fourth-order valence-corrected chi connectivity index (χ4v) is 3.54. The highest BCUT2D eigenvalue weighted by atomic mass is 16.2. The number of hydrogen-bond acceptors (Lipinski definition) is 3. The fourth-order valence-electron chi connectivity index (χ4n) is 3.54. The van der Waals surface area contributed by atoms with Crippen LogP contribution < -0.4 is 10.6 Å². The van der Waals surface area contributed by atoms with E-state index in [1.54, 1.807) is 0 Å². The van der Waals surface area contributed by atoms with Gasteiger partial charge in [-0.2, -0.15) is 0 Å². The van der Waals surface area contributed by atoms with Gasteiger partial charge in [0.2, 0.25) is 11.8 Å². The quantitative estimate of drug-likeness (QED) is 0.621. The highest BCUT2D eigenvalue weighted by molar-refractivity contribution is 5.82. The van der Waals surface area contributed by atoms with Gasteiger partial charge in [0.1, 0.15) is 12.4 Å². The average molecular weight is 390 g/mol. The molecule has 6 nitrogen and oxygen atoms in total. The first-order chi connectivity index (χ1) is 14.1. The predicted molar refractivity (Wildman–Crippen MR) is 112 cm³/mol. The normalized spacial score (nSPS) is 14.5. The summed E-state index contributed by atoms with van der Waals surface area (Å²) in [5.41, 5.74) is 2.86. The molecule has 0 radical (unpaired) electrons. The molecule has 3 aromatic rings. The second-order valence-corrected chi connectivity index (χ2v) is 7.62. The Bertz CT molecular complexity index is 1010. The summed E-state index contributed by atoms with van der Waals surface area (Å²) in [6.45, 7) is 2.71. The lowest BCUT2D eigenvalue weighted by Crippen LogP contribution is -2.31. The molecule has 0 spiro atoms. The van der Waals surface area contributed by atoms with E-state index in [0.29, 0.717) is 13.0 Å². The summed E-state index contributed by atoms with van der Waals surface area (Å²) >= 11 is 0. The Morgan fingerprint density at radius 1 is 1.10 bits per heavy atom. The van der Waals surface area contributed by atoms with Gasteiger partial charge in [-0.1, -0.05) is 42.5 Å². The van der Waals surface area contributed by atoms with E-state index in [2.05, 4.69) is 10.6 Å². The topological polar surface area (TPSA) is 76.0 Å². The van der Waals surface area contributed by atoms with Gasteiger partial charge in [-0.05, 0) is 37.5 Å². The molecule has 150 valence electrons. The Hall–Kier alpha value is -3.15. The van der Waals surface area contributed by atoms with Crippen LogP contribution in [0.3, 0.4) is 0 Å². The molecule has 29 heavy (non-hydrogen) atoms. The van der Waals surface area contributed by atoms with Crippen LogP contribution >= 0.6 is 0 Å². The minimum absolute atomic E-state index is 0.0622. The van der Waals surface area contributed by atoms with Crippen LogP contribution in [-0.4, -0.2) is 27.9 Å². The van der Waals surface area contributed by atoms with Crippen molar-refractivity contribution in [3.63, 3.8) is 0 Å². The summed E-state index contributed by atoms with van der Waals surface area (Å²) in [6, 6.07) is 17.6. The van der Waals surface area contributed by atoms with Crippen molar-refractivity contribution < 1.29 is 9.59 Å². The van der Waals surface area contributed by atoms with E-state index in [9.17, 15) is 9.59 Å². The van der Waals surface area contributed by atoms with Gasteiger partial charge in [-0.25, -0.2) is 4.98 Å². The maximum Gasteiger partial charge on any atom is 0.240 e. The van der Waals surface area contributed by atoms with Gasteiger partial charge in [0, 0.05) is 18.9 Å². The predicted octanol–water partition coefficient (Wildman–Crippen LogP) is 2.98. The maximum atomic E-state index is 12.7. The van der Waals surface area contributed by atoms with Crippen LogP contribution in [0.25, 0.3) is 11.0 Å². The molecule has 1 aliphatic rings. The molecule has 2 aromatic carbocycles. The summed E-state index contributed by atoms with van der Waals surface area (Å²) in [5.74, 6) is 1.07. The Labute approximate surface area is 170 Å². The van der Waals surface area contributed by atoms with Crippen molar-refractivity contribution in [1.29, 1.82) is 0 Å². The first-order valence-electron chi connectivity index (χ1n) is 10.2. The zero-order valence-electron chi connectivity index (χ0n) is 16.6. The largest absolute Gasteiger partial charge is 0.355 e. The molecular formula is C23H26N4O2. The Balaban J connectivity index is 1.46. The van der Waals surface area contributed by atoms with Gasteiger partial charge in [0.25, 0.3) is 0 Å². The number of carbonyl (C=O) groups is 2. The first kappa shape index (κ1) is 19.2. The molecule has 4 rings (SSSR count). The van der Waals surface area contributed by atoms with Crippen LogP contribution in [0.5, 0.6) is 0 Å². The molecule has 1 saturated carbocycles. The van der Waals surface area contributed by atoms with Gasteiger partial charge in [0.15, 0.2) is 0 Å². The Kier molecular flexibility index (Phi) is 5.60. The van der Waals surface area contributed by atoms with E-state index in [4.69, 9.17) is 4.98 Å². The highest BCUT2D eigenvalue weighted by Gasteiger charge is 2.29. The van der Waals surface area contributed by atoms with E-state index in [0.717, 1.165) is 35.3 Å². The van der Waals surface area contributed by atoms with Crippen LogP contribution in [0, 0.1) is 5.92 Å². The van der Waals surface area contributed by atoms with E-state index >= 15 is 0 Å². The molecule has 0 saturated heterocycles. The third kappa shape index (κ3) is 4.65. The number of nitrogens with zero attached hydrogens (tertiary/aromatic N) is 2. The number of imidazole rings is 1. The number of nitrogens with one attached hydrogen (secondary N) is 2. The molecule has 0 aliphatic heterocycles. The molecule has 1 aliphatic carbocycles. The highest BCUT2D eigenvalue weighted by Crippen LogP contribution is 2.28. The minimum atomic E-state index is -0.0697. The molecule has 2 N–H and O–H groups in total. The van der Waals surface area contributed by atoms with E-state index < -0.39 is 0 Å². The van der Waals surface area contributed by atoms with Crippen molar-refractivity contribution in [2.45, 2.75) is 38.8 Å². The second-order valence-electron chi connectivity index (χ2n) is 7.62. The summed E-state index contributed by atoms with van der Waals surface area (Å²) in [4.78, 5) is 29.3. The van der Waals surface area contributed by atoms with Crippen molar-refractivity contribution in [3.8, 4) is 0 Å². The molecule has 1 heterocycles. The smallest absolute Gasteiger partial charge is 0.240 e. The molecule has 1 fully saturated rings. The first-order valence-corrected chi connectivity index (χ1v) is 10.2. The fraction of sp³-hybridized carbons (Fsp3) is 0.348. The summed E-state index contributed by atoms with van der Waals surface area (Å²) in [5, 5.41) is 6.05. The van der Waals surface area contributed by atoms with Crippen molar-refractivity contribution in [1.82, 2.24) is 20.2 Å². The van der Waals surface area contributed by atoms with Crippen molar-refractivity contribution >= 4 is 22.8 Å². The lowest BCUT2D eigenvalue weighted by atomic mass is 10.1. The molecule has 1 atom stereocenters. The molecule has 6 heteroatoms. The summed E-state index contributed by atoms with van der Waals surface area (Å²) < 4.78 is 1.95. The third-order valence-electron chi connectivity index (χ3n) is 5.31. The molecular weight excluding hydrogens is 364 g/mol. The molecule has 2 amide bonds. The van der Waals surface area contributed by atoms with Crippen molar-refractivity contribution in [2.24, 2.45) is 5.92 Å². The number of amides is 2.